The van der Waals surface area contributed by atoms with Gasteiger partial charge < -0.3 is 28.5 Å². The van der Waals surface area contributed by atoms with E-state index in [0.29, 0.717) is 35.5 Å². The predicted octanol–water partition coefficient (Wildman–Crippen LogP) is 3.94. The Morgan fingerprint density at radius 2 is 1.79 bits per heavy atom. The van der Waals surface area contributed by atoms with Gasteiger partial charge in [-0.1, -0.05) is 26.0 Å². The molecule has 1 aliphatic rings. The van der Waals surface area contributed by atoms with Crippen LogP contribution in [-0.2, 0) is 16.1 Å². The maximum Gasteiger partial charge on any atom is 0.268 e. The van der Waals surface area contributed by atoms with Crippen LogP contribution in [0.2, 0.25) is 0 Å². The van der Waals surface area contributed by atoms with Gasteiger partial charge in [-0.25, -0.2) is 0 Å². The molecular weight excluding hydrogens is 424 g/mol. The molecule has 2 amide bonds. The first kappa shape index (κ1) is 22.5. The van der Waals surface area contributed by atoms with Gasteiger partial charge in [0.25, 0.3) is 11.8 Å². The van der Waals surface area contributed by atoms with Crippen molar-refractivity contribution in [1.82, 2.24) is 10.2 Å². The molecule has 2 aromatic heterocycles. The number of carbonyl (C=O) groups is 2. The third kappa shape index (κ3) is 5.39. The summed E-state index contributed by atoms with van der Waals surface area (Å²) in [5, 5.41) is 2.94. The van der Waals surface area contributed by atoms with Crippen LogP contribution in [0.1, 0.15) is 37.8 Å². The zero-order valence-electron chi connectivity index (χ0n) is 18.7. The minimum absolute atomic E-state index is 0.0321. The third-order valence-electron chi connectivity index (χ3n) is 5.37. The summed E-state index contributed by atoms with van der Waals surface area (Å²) in [6.45, 7) is 4.76. The predicted molar refractivity (Wildman–Crippen MR) is 120 cm³/mol. The van der Waals surface area contributed by atoms with Crippen LogP contribution in [0.5, 0.6) is 11.5 Å². The van der Waals surface area contributed by atoms with Gasteiger partial charge in [-0.2, -0.15) is 0 Å². The molecule has 0 fully saturated rings. The Morgan fingerprint density at radius 3 is 2.48 bits per heavy atom. The molecule has 3 aromatic rings. The highest BCUT2D eigenvalue weighted by Crippen LogP contribution is 2.33. The largest absolute Gasteiger partial charge is 0.485 e. The molecule has 1 aliphatic heterocycles. The van der Waals surface area contributed by atoms with E-state index in [4.69, 9.17) is 18.3 Å². The molecule has 0 aliphatic carbocycles. The molecule has 174 valence electrons. The van der Waals surface area contributed by atoms with Gasteiger partial charge in [0.15, 0.2) is 17.5 Å². The van der Waals surface area contributed by atoms with Crippen LogP contribution in [0.25, 0.3) is 0 Å². The first-order valence-electron chi connectivity index (χ1n) is 11.1. The van der Waals surface area contributed by atoms with Gasteiger partial charge in [-0.3, -0.25) is 9.59 Å². The average Bonchev–Trinajstić information content (AvgIpc) is 3.52. The van der Waals surface area contributed by atoms with Crippen molar-refractivity contribution in [2.75, 3.05) is 13.2 Å². The van der Waals surface area contributed by atoms with Gasteiger partial charge >= 0.3 is 0 Å². The Morgan fingerprint density at radius 1 is 1.03 bits per heavy atom. The molecular formula is C25H28N2O6. The molecule has 3 heterocycles. The molecule has 0 radical (unpaired) electrons. The van der Waals surface area contributed by atoms with Crippen LogP contribution in [0.3, 0.4) is 0 Å². The molecule has 0 bridgehead atoms. The van der Waals surface area contributed by atoms with Gasteiger partial charge in [0, 0.05) is 6.54 Å². The zero-order valence-corrected chi connectivity index (χ0v) is 18.7. The van der Waals surface area contributed by atoms with Crippen molar-refractivity contribution >= 4 is 11.8 Å². The number of furan rings is 2. The monoisotopic (exact) mass is 452 g/mol. The number of benzene rings is 1. The number of rotatable bonds is 9. The summed E-state index contributed by atoms with van der Waals surface area (Å²) < 4.78 is 22.8. The fourth-order valence-corrected chi connectivity index (χ4v) is 3.64. The van der Waals surface area contributed by atoms with Crippen molar-refractivity contribution in [3.05, 3.63) is 72.6 Å². The number of nitrogens with zero attached hydrogens (tertiary/aromatic N) is 1. The van der Waals surface area contributed by atoms with E-state index in [1.54, 1.807) is 36.4 Å². The molecule has 2 atom stereocenters. The summed E-state index contributed by atoms with van der Waals surface area (Å²) >= 11 is 0. The van der Waals surface area contributed by atoms with E-state index >= 15 is 0 Å². The third-order valence-corrected chi connectivity index (χ3v) is 5.37. The van der Waals surface area contributed by atoms with Crippen molar-refractivity contribution in [3.63, 3.8) is 0 Å². The van der Waals surface area contributed by atoms with Gasteiger partial charge in [0.1, 0.15) is 18.1 Å². The van der Waals surface area contributed by atoms with E-state index in [-0.39, 0.29) is 19.1 Å². The first-order chi connectivity index (χ1) is 16.0. The Kier molecular flexibility index (Phi) is 7.02. The lowest BCUT2D eigenvalue weighted by atomic mass is 10.1. The maximum atomic E-state index is 13.7. The van der Waals surface area contributed by atoms with Crippen molar-refractivity contribution in [3.8, 4) is 11.5 Å². The second-order valence-corrected chi connectivity index (χ2v) is 8.30. The van der Waals surface area contributed by atoms with E-state index in [1.165, 1.54) is 17.4 Å². The van der Waals surface area contributed by atoms with Crippen LogP contribution in [0.15, 0.2) is 69.9 Å². The minimum atomic E-state index is -0.995. The Labute approximate surface area is 192 Å². The lowest BCUT2D eigenvalue weighted by Crippen LogP contribution is -2.50. The fourth-order valence-electron chi connectivity index (χ4n) is 3.64. The number of carbonyl (C=O) groups excluding carboxylic acids is 2. The summed E-state index contributed by atoms with van der Waals surface area (Å²) in [5.41, 5.74) is 0. The molecule has 0 spiro atoms. The molecule has 8 nitrogen and oxygen atoms in total. The van der Waals surface area contributed by atoms with E-state index in [9.17, 15) is 9.59 Å². The molecule has 0 saturated carbocycles. The SMILES string of the molecule is CC(C)CCNC(=O)C(c1ccco1)N(Cc1ccco1)C(=O)C1COc2ccccc2O1. The van der Waals surface area contributed by atoms with Crippen LogP contribution in [-0.4, -0.2) is 36.0 Å². The number of nitrogens with one attached hydrogen (secondary N) is 1. The van der Waals surface area contributed by atoms with Crippen molar-refractivity contribution in [2.24, 2.45) is 5.92 Å². The van der Waals surface area contributed by atoms with Crippen molar-refractivity contribution < 1.29 is 27.9 Å². The second kappa shape index (κ2) is 10.3. The normalized spacial score (nSPS) is 15.8. The van der Waals surface area contributed by atoms with Gasteiger partial charge in [0.2, 0.25) is 6.10 Å². The first-order valence-corrected chi connectivity index (χ1v) is 11.1. The molecule has 2 unspecified atom stereocenters. The van der Waals surface area contributed by atoms with E-state index in [2.05, 4.69) is 19.2 Å². The van der Waals surface area contributed by atoms with Crippen molar-refractivity contribution in [2.45, 2.75) is 39.0 Å². The molecule has 1 aromatic carbocycles. The van der Waals surface area contributed by atoms with Crippen LogP contribution in [0, 0.1) is 5.92 Å². The summed E-state index contributed by atoms with van der Waals surface area (Å²) in [6, 6.07) is 13.0. The lowest BCUT2D eigenvalue weighted by molar-refractivity contribution is -0.150. The maximum absolute atomic E-state index is 13.7. The van der Waals surface area contributed by atoms with Crippen molar-refractivity contribution in [1.29, 1.82) is 0 Å². The standard InChI is InChI=1S/C25H28N2O6/c1-17(2)11-12-26-24(28)23(21-10-6-14-31-21)27(15-18-7-5-13-30-18)25(29)22-16-32-19-8-3-4-9-20(19)33-22/h3-10,13-14,17,22-23H,11-12,15-16H2,1-2H3,(H,26,28). The molecule has 33 heavy (non-hydrogen) atoms. The molecule has 8 heteroatoms. The highest BCUT2D eigenvalue weighted by atomic mass is 16.6. The lowest BCUT2D eigenvalue weighted by Gasteiger charge is -2.34. The number of hydrogen-bond acceptors (Lipinski definition) is 6. The van der Waals surface area contributed by atoms with E-state index in [0.717, 1.165) is 6.42 Å². The van der Waals surface area contributed by atoms with Crippen LogP contribution < -0.4 is 14.8 Å². The molecule has 0 saturated heterocycles. The quantitative estimate of drug-likeness (QED) is 0.528. The number of hydrogen-bond donors (Lipinski definition) is 1. The van der Waals surface area contributed by atoms with Crippen LogP contribution in [0.4, 0.5) is 0 Å². The Hall–Kier alpha value is -3.68. The topological polar surface area (TPSA) is 94.2 Å². The number of ether oxygens (including phenoxy) is 2. The zero-order chi connectivity index (χ0) is 23.2. The summed E-state index contributed by atoms with van der Waals surface area (Å²) in [7, 11) is 0. The number of para-hydroxylation sites is 2. The average molecular weight is 453 g/mol. The Balaban J connectivity index is 1.62. The van der Waals surface area contributed by atoms with Gasteiger partial charge in [0.05, 0.1) is 19.1 Å². The number of amides is 2. The van der Waals surface area contributed by atoms with E-state index < -0.39 is 18.1 Å². The van der Waals surface area contributed by atoms with E-state index in [1.807, 2.05) is 12.1 Å². The molecule has 1 N–H and O–H groups in total. The second-order valence-electron chi connectivity index (χ2n) is 8.30. The van der Waals surface area contributed by atoms with Gasteiger partial charge in [-0.15, -0.1) is 0 Å². The Bertz CT molecular complexity index is 1040. The van der Waals surface area contributed by atoms with Crippen LogP contribution >= 0.6 is 0 Å². The smallest absolute Gasteiger partial charge is 0.268 e. The summed E-state index contributed by atoms with van der Waals surface area (Å²) in [6.07, 6.45) is 2.91. The fraction of sp³-hybridized carbons (Fsp3) is 0.360. The van der Waals surface area contributed by atoms with Gasteiger partial charge in [-0.05, 0) is 48.7 Å². The minimum Gasteiger partial charge on any atom is -0.485 e. The summed E-state index contributed by atoms with van der Waals surface area (Å²) in [4.78, 5) is 28.4. The highest BCUT2D eigenvalue weighted by Gasteiger charge is 2.39. The highest BCUT2D eigenvalue weighted by molar-refractivity contribution is 5.90. The number of fused-ring (bicyclic) bond motifs is 1. The summed E-state index contributed by atoms with van der Waals surface area (Å²) in [5.74, 6) is 1.65. The molecule has 4 rings (SSSR count).